The second-order valence-electron chi connectivity index (χ2n) is 6.98. The number of Topliss-reactive ketones (excluding diaryl/α,β-unsaturated/α-hetero) is 1. The van der Waals surface area contributed by atoms with E-state index in [4.69, 9.17) is 10.5 Å². The minimum atomic E-state index is -1.02. The van der Waals surface area contributed by atoms with Crippen LogP contribution in [0.2, 0.25) is 0 Å². The average molecular weight is 386 g/mol. The van der Waals surface area contributed by atoms with Crippen molar-refractivity contribution in [2.24, 2.45) is 0 Å². The number of benzene rings is 2. The van der Waals surface area contributed by atoms with Crippen molar-refractivity contribution in [2.45, 2.75) is 5.92 Å². The summed E-state index contributed by atoms with van der Waals surface area (Å²) in [6.45, 7) is 0. The molecule has 0 bridgehead atoms. The van der Waals surface area contributed by atoms with Gasteiger partial charge in [0.05, 0.1) is 7.11 Å². The second-order valence-corrected chi connectivity index (χ2v) is 6.98. The first-order valence-corrected chi connectivity index (χ1v) is 9.15. The number of carbonyl (C=O) groups excluding carboxylic acids is 2. The number of rotatable bonds is 4. The molecule has 1 atom stereocenters. The average Bonchev–Trinajstić information content (AvgIpc) is 3.44. The molecule has 1 amide bonds. The van der Waals surface area contributed by atoms with E-state index in [9.17, 15) is 9.59 Å². The number of carbonyl (C=O) groups is 2. The third-order valence-electron chi connectivity index (χ3n) is 5.37. The monoisotopic (exact) mass is 386 g/mol. The molecular formula is C22H18N4O3. The molecule has 7 heteroatoms. The summed E-state index contributed by atoms with van der Waals surface area (Å²) in [5.41, 5.74) is 10.8. The van der Waals surface area contributed by atoms with E-state index in [1.165, 1.54) is 7.11 Å². The Morgan fingerprint density at radius 2 is 1.90 bits per heavy atom. The van der Waals surface area contributed by atoms with Crippen molar-refractivity contribution in [3.05, 3.63) is 66.1 Å². The molecule has 3 heterocycles. The van der Waals surface area contributed by atoms with Crippen molar-refractivity contribution in [3.63, 3.8) is 0 Å². The molecule has 7 nitrogen and oxygen atoms in total. The van der Waals surface area contributed by atoms with Crippen LogP contribution in [0.3, 0.4) is 0 Å². The number of H-pyrrole nitrogens is 2. The number of nitrogens with one attached hydrogen (secondary N) is 3. The summed E-state index contributed by atoms with van der Waals surface area (Å²) in [6.07, 6.45) is 3.47. The Morgan fingerprint density at radius 1 is 1.07 bits per heavy atom. The lowest BCUT2D eigenvalue weighted by atomic mass is 9.86. The molecule has 1 unspecified atom stereocenters. The van der Waals surface area contributed by atoms with Crippen LogP contribution < -0.4 is 15.8 Å². The molecular weight excluding hydrogens is 368 g/mol. The lowest BCUT2D eigenvalue weighted by Gasteiger charge is -2.16. The van der Waals surface area contributed by atoms with Gasteiger partial charge >= 0.3 is 0 Å². The molecule has 5 N–H and O–H groups in total. The normalized spacial score (nSPS) is 15.3. The Labute approximate surface area is 165 Å². The number of ether oxygens (including phenoxy) is 1. The molecule has 2 aromatic carbocycles. The van der Waals surface area contributed by atoms with Crippen molar-refractivity contribution in [1.82, 2.24) is 9.97 Å². The number of hydrogen-bond donors (Lipinski definition) is 4. The molecule has 4 aromatic rings. The van der Waals surface area contributed by atoms with Crippen molar-refractivity contribution < 1.29 is 14.3 Å². The van der Waals surface area contributed by atoms with Gasteiger partial charge in [0.1, 0.15) is 17.4 Å². The van der Waals surface area contributed by atoms with Gasteiger partial charge in [-0.25, -0.2) is 0 Å². The van der Waals surface area contributed by atoms with E-state index in [-0.39, 0.29) is 17.4 Å². The highest BCUT2D eigenvalue weighted by molar-refractivity contribution is 6.23. The number of methoxy groups -OCH3 is 1. The highest BCUT2D eigenvalue weighted by Gasteiger charge is 2.41. The zero-order valence-electron chi connectivity index (χ0n) is 15.6. The Bertz CT molecular complexity index is 1280. The first-order chi connectivity index (χ1) is 14.1. The fraction of sp³-hybridized carbons (Fsp3) is 0.0909. The topological polar surface area (TPSA) is 113 Å². The predicted molar refractivity (Wildman–Crippen MR) is 111 cm³/mol. The van der Waals surface area contributed by atoms with Gasteiger partial charge in [0, 0.05) is 40.4 Å². The van der Waals surface area contributed by atoms with Gasteiger partial charge in [-0.15, -0.1) is 0 Å². The second kappa shape index (κ2) is 6.27. The van der Waals surface area contributed by atoms with E-state index >= 15 is 0 Å². The zero-order chi connectivity index (χ0) is 20.1. The summed E-state index contributed by atoms with van der Waals surface area (Å²) in [5.74, 6) is -1.36. The van der Waals surface area contributed by atoms with Gasteiger partial charge in [0.2, 0.25) is 5.91 Å². The maximum absolute atomic E-state index is 13.3. The molecule has 0 aliphatic carbocycles. The van der Waals surface area contributed by atoms with Gasteiger partial charge in [-0.2, -0.15) is 0 Å². The number of amides is 1. The maximum Gasteiger partial charge on any atom is 0.240 e. The van der Waals surface area contributed by atoms with Crippen molar-refractivity contribution in [2.75, 3.05) is 18.2 Å². The van der Waals surface area contributed by atoms with Crippen molar-refractivity contribution in [1.29, 1.82) is 0 Å². The summed E-state index contributed by atoms with van der Waals surface area (Å²) in [4.78, 5) is 32.2. The van der Waals surface area contributed by atoms with Crippen LogP contribution in [0.15, 0.2) is 54.9 Å². The number of aromatic nitrogens is 2. The predicted octanol–water partition coefficient (Wildman–Crippen LogP) is 3.67. The first kappa shape index (κ1) is 17.1. The van der Waals surface area contributed by atoms with Crippen LogP contribution in [0, 0.1) is 0 Å². The zero-order valence-corrected chi connectivity index (χ0v) is 15.6. The molecule has 0 saturated heterocycles. The number of aromatic amines is 2. The van der Waals surface area contributed by atoms with Crippen LogP contribution in [0.4, 0.5) is 11.4 Å². The highest BCUT2D eigenvalue weighted by Crippen LogP contribution is 2.45. The lowest BCUT2D eigenvalue weighted by molar-refractivity contribution is -0.116. The molecule has 2 aromatic heterocycles. The van der Waals surface area contributed by atoms with E-state index in [1.807, 2.05) is 30.5 Å². The van der Waals surface area contributed by atoms with Crippen LogP contribution in [0.1, 0.15) is 22.0 Å². The number of fused-ring (bicyclic) bond motifs is 2. The summed E-state index contributed by atoms with van der Waals surface area (Å²) >= 11 is 0. The molecule has 0 spiro atoms. The Kier molecular flexibility index (Phi) is 3.70. The standard InChI is InChI=1S/C22H18N4O3/c1-29-16-7-9-25-20(16)21(27)19-18-15(26-22(19)28)5-3-13(23)17(18)12-2-4-14-11(10-12)6-8-24-14/h2-10,19,24-25H,23H2,1H3,(H,26,28). The fourth-order valence-corrected chi connectivity index (χ4v) is 4.02. The lowest BCUT2D eigenvalue weighted by Crippen LogP contribution is -2.22. The Hall–Kier alpha value is -4.00. The smallest absolute Gasteiger partial charge is 0.240 e. The summed E-state index contributed by atoms with van der Waals surface area (Å²) in [5, 5.41) is 3.84. The van der Waals surface area contributed by atoms with Crippen molar-refractivity contribution in [3.8, 4) is 16.9 Å². The van der Waals surface area contributed by atoms with E-state index in [2.05, 4.69) is 15.3 Å². The van der Waals surface area contributed by atoms with Crippen LogP contribution >= 0.6 is 0 Å². The molecule has 144 valence electrons. The number of anilines is 2. The van der Waals surface area contributed by atoms with Crippen LogP contribution in [-0.4, -0.2) is 28.8 Å². The van der Waals surface area contributed by atoms with E-state index in [0.29, 0.717) is 28.3 Å². The molecule has 1 aliphatic rings. The number of ketones is 1. The minimum absolute atomic E-state index is 0.259. The van der Waals surface area contributed by atoms with E-state index < -0.39 is 5.92 Å². The number of hydrogen-bond acceptors (Lipinski definition) is 4. The van der Waals surface area contributed by atoms with Crippen LogP contribution in [0.5, 0.6) is 5.75 Å². The third kappa shape index (κ3) is 2.51. The number of nitrogen functional groups attached to an aromatic ring is 1. The Balaban J connectivity index is 1.71. The first-order valence-electron chi connectivity index (χ1n) is 9.15. The Morgan fingerprint density at radius 3 is 2.72 bits per heavy atom. The fourth-order valence-electron chi connectivity index (χ4n) is 4.02. The van der Waals surface area contributed by atoms with E-state index in [1.54, 1.807) is 24.4 Å². The molecule has 0 fully saturated rings. The van der Waals surface area contributed by atoms with Crippen molar-refractivity contribution >= 4 is 34.0 Å². The van der Waals surface area contributed by atoms with E-state index in [0.717, 1.165) is 16.5 Å². The SMILES string of the molecule is COc1cc[nH]c1C(=O)C1C(=O)Nc2ccc(N)c(-c3ccc4[nH]ccc4c3)c21. The van der Waals surface area contributed by atoms with Crippen LogP contribution in [0.25, 0.3) is 22.0 Å². The summed E-state index contributed by atoms with van der Waals surface area (Å²) < 4.78 is 5.26. The number of nitrogens with two attached hydrogens (primary N) is 1. The van der Waals surface area contributed by atoms with Gasteiger partial charge in [0.25, 0.3) is 0 Å². The highest BCUT2D eigenvalue weighted by atomic mass is 16.5. The molecule has 5 rings (SSSR count). The molecule has 29 heavy (non-hydrogen) atoms. The maximum atomic E-state index is 13.3. The molecule has 0 saturated carbocycles. The molecule has 0 radical (unpaired) electrons. The molecule has 1 aliphatic heterocycles. The summed E-state index contributed by atoms with van der Waals surface area (Å²) in [6, 6.07) is 13.0. The van der Waals surface area contributed by atoms with Gasteiger partial charge < -0.3 is 25.8 Å². The van der Waals surface area contributed by atoms with Gasteiger partial charge in [0.15, 0.2) is 5.78 Å². The van der Waals surface area contributed by atoms with Gasteiger partial charge in [-0.05, 0) is 47.3 Å². The summed E-state index contributed by atoms with van der Waals surface area (Å²) in [7, 11) is 1.48. The van der Waals surface area contributed by atoms with Gasteiger partial charge in [-0.3, -0.25) is 9.59 Å². The largest absolute Gasteiger partial charge is 0.494 e. The quantitative estimate of drug-likeness (QED) is 0.243. The third-order valence-corrected chi connectivity index (χ3v) is 5.37. The minimum Gasteiger partial charge on any atom is -0.494 e. The van der Waals surface area contributed by atoms with Gasteiger partial charge in [-0.1, -0.05) is 6.07 Å². The van der Waals surface area contributed by atoms with Crippen LogP contribution in [-0.2, 0) is 4.79 Å².